The summed E-state index contributed by atoms with van der Waals surface area (Å²) in [6.07, 6.45) is 1.70. The largest absolute Gasteiger partial charge is 0.489 e. The predicted molar refractivity (Wildman–Crippen MR) is 135 cm³/mol. The van der Waals surface area contributed by atoms with Crippen molar-refractivity contribution in [3.8, 4) is 5.75 Å². The zero-order chi connectivity index (χ0) is 25.8. The minimum absolute atomic E-state index is 0.0166. The number of carbonyl (C=O) groups excluding carboxylic acids is 1. The Morgan fingerprint density at radius 2 is 1.80 bits per heavy atom. The molecule has 11 heteroatoms. The first kappa shape index (κ1) is 26.4. The molecule has 35 heavy (non-hydrogen) atoms. The van der Waals surface area contributed by atoms with Crippen LogP contribution in [0.25, 0.3) is 0 Å². The third kappa shape index (κ3) is 5.91. The third-order valence-corrected chi connectivity index (χ3v) is 7.83. The molecule has 2 aromatic rings. The number of nitro groups is 1. The number of nitro benzene ring substituents is 1. The second-order valence-corrected chi connectivity index (χ2v) is 10.5. The Balaban J connectivity index is 1.97. The molecule has 2 aromatic carbocycles. The second kappa shape index (κ2) is 11.0. The summed E-state index contributed by atoms with van der Waals surface area (Å²) in [5, 5.41) is 14.4. The lowest BCUT2D eigenvalue weighted by molar-refractivity contribution is -0.384. The van der Waals surface area contributed by atoms with E-state index in [0.717, 1.165) is 25.9 Å². The maximum atomic E-state index is 13.1. The zero-order valence-corrected chi connectivity index (χ0v) is 21.3. The van der Waals surface area contributed by atoms with Gasteiger partial charge in [-0.15, -0.1) is 0 Å². The van der Waals surface area contributed by atoms with Crippen LogP contribution in [0.1, 0.15) is 50.9 Å². The average molecular weight is 505 g/mol. The number of rotatable bonds is 10. The Morgan fingerprint density at radius 1 is 1.14 bits per heavy atom. The number of amides is 1. The van der Waals surface area contributed by atoms with Crippen LogP contribution in [0.5, 0.6) is 5.75 Å². The van der Waals surface area contributed by atoms with Crippen molar-refractivity contribution in [1.29, 1.82) is 0 Å². The van der Waals surface area contributed by atoms with Gasteiger partial charge in [0.1, 0.15) is 11.4 Å². The molecule has 0 aromatic heterocycles. The highest BCUT2D eigenvalue weighted by Gasteiger charge is 2.26. The zero-order valence-electron chi connectivity index (χ0n) is 20.5. The van der Waals surface area contributed by atoms with Gasteiger partial charge in [-0.05, 0) is 57.0 Å². The van der Waals surface area contributed by atoms with Crippen molar-refractivity contribution in [2.45, 2.75) is 51.5 Å². The average Bonchev–Trinajstić information content (AvgIpc) is 3.34. The smallest absolute Gasteiger partial charge is 0.293 e. The molecule has 1 fully saturated rings. The second-order valence-electron chi connectivity index (χ2n) is 8.52. The molecule has 0 atom stereocenters. The molecular weight excluding hydrogens is 472 g/mol. The van der Waals surface area contributed by atoms with Gasteiger partial charge in [0.25, 0.3) is 11.6 Å². The van der Waals surface area contributed by atoms with Crippen molar-refractivity contribution in [2.75, 3.05) is 36.4 Å². The highest BCUT2D eigenvalue weighted by molar-refractivity contribution is 7.89. The Kier molecular flexibility index (Phi) is 8.34. The van der Waals surface area contributed by atoms with E-state index in [9.17, 15) is 23.3 Å². The lowest BCUT2D eigenvalue weighted by atomic mass is 10.1. The fraction of sp³-hybridized carbons (Fsp3) is 0.458. The monoisotopic (exact) mass is 504 g/mol. The van der Waals surface area contributed by atoms with Crippen LogP contribution >= 0.6 is 0 Å². The van der Waals surface area contributed by atoms with E-state index in [0.29, 0.717) is 24.5 Å². The molecule has 0 unspecified atom stereocenters. The summed E-state index contributed by atoms with van der Waals surface area (Å²) in [4.78, 5) is 26.3. The van der Waals surface area contributed by atoms with E-state index in [-0.39, 0.29) is 27.9 Å². The van der Waals surface area contributed by atoms with Crippen LogP contribution in [-0.2, 0) is 10.0 Å². The normalized spacial score (nSPS) is 13.9. The molecule has 0 spiro atoms. The predicted octanol–water partition coefficient (Wildman–Crippen LogP) is 4.27. The Bertz CT molecular complexity index is 1190. The first-order valence-electron chi connectivity index (χ1n) is 11.7. The standard InChI is InChI=1S/C24H32N4O6S/c1-5-27(6-2)35(32,33)19-10-12-23(34-17(3)4)20(16-19)25-24(29)18-9-11-21(22(15-18)28(30)31)26-13-7-8-14-26/h9-12,15-17H,5-8,13-14H2,1-4H3,(H,25,29). The molecule has 3 rings (SSSR count). The van der Waals surface area contributed by atoms with Gasteiger partial charge in [0, 0.05) is 37.8 Å². The highest BCUT2D eigenvalue weighted by atomic mass is 32.2. The summed E-state index contributed by atoms with van der Waals surface area (Å²) in [6.45, 7) is 9.19. The van der Waals surface area contributed by atoms with Crippen LogP contribution in [0.3, 0.4) is 0 Å². The lowest BCUT2D eigenvalue weighted by Crippen LogP contribution is -2.30. The summed E-state index contributed by atoms with van der Waals surface area (Å²) in [6, 6.07) is 8.68. The number of anilines is 2. The quantitative estimate of drug-likeness (QED) is 0.379. The maximum absolute atomic E-state index is 13.1. The SMILES string of the molecule is CCN(CC)S(=O)(=O)c1ccc(OC(C)C)c(NC(=O)c2ccc(N3CCCC3)c([N+](=O)[O-])c2)c1. The van der Waals surface area contributed by atoms with Crippen LogP contribution in [0.15, 0.2) is 41.3 Å². The van der Waals surface area contributed by atoms with E-state index < -0.39 is 20.9 Å². The minimum atomic E-state index is -3.77. The van der Waals surface area contributed by atoms with Gasteiger partial charge in [0.15, 0.2) is 0 Å². The first-order chi connectivity index (χ1) is 16.6. The van der Waals surface area contributed by atoms with E-state index >= 15 is 0 Å². The number of nitrogens with one attached hydrogen (secondary N) is 1. The lowest BCUT2D eigenvalue weighted by Gasteiger charge is -2.21. The van der Waals surface area contributed by atoms with Gasteiger partial charge in [-0.3, -0.25) is 14.9 Å². The van der Waals surface area contributed by atoms with Gasteiger partial charge in [-0.2, -0.15) is 4.31 Å². The van der Waals surface area contributed by atoms with E-state index in [1.54, 1.807) is 19.9 Å². The van der Waals surface area contributed by atoms with E-state index in [2.05, 4.69) is 5.32 Å². The molecule has 1 N–H and O–H groups in total. The van der Waals surface area contributed by atoms with Crippen LogP contribution in [0, 0.1) is 10.1 Å². The third-order valence-electron chi connectivity index (χ3n) is 5.79. The summed E-state index contributed by atoms with van der Waals surface area (Å²) < 4.78 is 33.1. The molecule has 10 nitrogen and oxygen atoms in total. The number of carbonyl (C=O) groups is 1. The van der Waals surface area contributed by atoms with Crippen LogP contribution in [0.2, 0.25) is 0 Å². The van der Waals surface area contributed by atoms with Gasteiger partial charge in [-0.25, -0.2) is 8.42 Å². The summed E-state index contributed by atoms with van der Waals surface area (Å²) in [5.41, 5.74) is 0.603. The van der Waals surface area contributed by atoms with E-state index in [1.807, 2.05) is 18.7 Å². The summed E-state index contributed by atoms with van der Waals surface area (Å²) in [5.74, 6) is -0.304. The number of hydrogen-bond acceptors (Lipinski definition) is 7. The van der Waals surface area contributed by atoms with Crippen molar-refractivity contribution < 1.29 is 22.9 Å². The molecule has 0 saturated carbocycles. The van der Waals surface area contributed by atoms with Crippen LogP contribution in [0.4, 0.5) is 17.1 Å². The van der Waals surface area contributed by atoms with Crippen molar-refractivity contribution in [2.24, 2.45) is 0 Å². The number of nitrogens with zero attached hydrogens (tertiary/aromatic N) is 3. The van der Waals surface area contributed by atoms with Gasteiger partial charge >= 0.3 is 0 Å². The Morgan fingerprint density at radius 3 is 2.37 bits per heavy atom. The van der Waals surface area contributed by atoms with E-state index in [1.165, 1.54) is 34.6 Å². The van der Waals surface area contributed by atoms with Crippen molar-refractivity contribution in [3.05, 3.63) is 52.1 Å². The van der Waals surface area contributed by atoms with Gasteiger partial charge in [0.2, 0.25) is 10.0 Å². The molecule has 1 amide bonds. The fourth-order valence-electron chi connectivity index (χ4n) is 4.07. The van der Waals surface area contributed by atoms with Crippen molar-refractivity contribution in [1.82, 2.24) is 4.31 Å². The van der Waals surface area contributed by atoms with Gasteiger partial charge in [0.05, 0.1) is 21.6 Å². The number of sulfonamides is 1. The molecule has 0 radical (unpaired) electrons. The van der Waals surface area contributed by atoms with Crippen molar-refractivity contribution >= 4 is 33.0 Å². The van der Waals surface area contributed by atoms with Crippen LogP contribution < -0.4 is 15.0 Å². The topological polar surface area (TPSA) is 122 Å². The molecule has 1 aliphatic heterocycles. The number of benzene rings is 2. The molecule has 0 aliphatic carbocycles. The van der Waals surface area contributed by atoms with Gasteiger partial charge in [-0.1, -0.05) is 13.8 Å². The fourth-order valence-corrected chi connectivity index (χ4v) is 5.55. The molecule has 190 valence electrons. The van der Waals surface area contributed by atoms with Gasteiger partial charge < -0.3 is 15.0 Å². The van der Waals surface area contributed by atoms with Crippen molar-refractivity contribution in [3.63, 3.8) is 0 Å². The molecular formula is C24H32N4O6S. The highest BCUT2D eigenvalue weighted by Crippen LogP contribution is 2.33. The Labute approximate surface area is 206 Å². The molecule has 1 saturated heterocycles. The maximum Gasteiger partial charge on any atom is 0.293 e. The molecule has 1 heterocycles. The summed E-state index contributed by atoms with van der Waals surface area (Å²) in [7, 11) is -3.77. The van der Waals surface area contributed by atoms with Crippen LogP contribution in [-0.4, -0.2) is 55.8 Å². The first-order valence-corrected chi connectivity index (χ1v) is 13.2. The molecule has 0 bridgehead atoms. The Hall–Kier alpha value is -3.18. The van der Waals surface area contributed by atoms with E-state index in [4.69, 9.17) is 4.74 Å². The number of hydrogen-bond donors (Lipinski definition) is 1. The molecule has 1 aliphatic rings. The summed E-state index contributed by atoms with van der Waals surface area (Å²) >= 11 is 0. The number of ether oxygens (including phenoxy) is 1. The minimum Gasteiger partial charge on any atom is -0.489 e.